The summed E-state index contributed by atoms with van der Waals surface area (Å²) >= 11 is 0. The molecule has 0 aromatic rings. The Morgan fingerprint density at radius 3 is 2.64 bits per heavy atom. The minimum absolute atomic E-state index is 0.523. The molecule has 1 fully saturated rings. The molecule has 0 spiro atoms. The van der Waals surface area contributed by atoms with Gasteiger partial charge in [-0.05, 0) is 25.2 Å². The zero-order valence-electron chi connectivity index (χ0n) is 7.29. The van der Waals surface area contributed by atoms with Crippen LogP contribution in [0, 0.1) is 17.8 Å². The van der Waals surface area contributed by atoms with Gasteiger partial charge in [-0.2, -0.15) is 0 Å². The van der Waals surface area contributed by atoms with Crippen molar-refractivity contribution in [3.05, 3.63) is 12.2 Å². The number of hydrogen-bond donors (Lipinski definition) is 0. The van der Waals surface area contributed by atoms with E-state index in [2.05, 4.69) is 26.0 Å². The van der Waals surface area contributed by atoms with Crippen molar-refractivity contribution in [1.82, 2.24) is 0 Å². The van der Waals surface area contributed by atoms with E-state index in [1.54, 1.807) is 0 Å². The molecule has 2 aliphatic carbocycles. The molecule has 0 aromatic carbocycles. The third kappa shape index (κ3) is 1.02. The van der Waals surface area contributed by atoms with Crippen LogP contribution in [0.3, 0.4) is 0 Å². The minimum atomic E-state index is 0.523. The molecular formula is C10H16O. The van der Waals surface area contributed by atoms with E-state index < -0.39 is 0 Å². The lowest BCUT2D eigenvalue weighted by Crippen LogP contribution is -2.25. The van der Waals surface area contributed by atoms with Crippen molar-refractivity contribution in [2.45, 2.75) is 26.4 Å². The fourth-order valence-electron chi connectivity index (χ4n) is 2.49. The van der Waals surface area contributed by atoms with Crippen LogP contribution in [-0.4, -0.2) is 12.7 Å². The van der Waals surface area contributed by atoms with E-state index in [-0.39, 0.29) is 0 Å². The van der Waals surface area contributed by atoms with Gasteiger partial charge in [0, 0.05) is 12.5 Å². The summed E-state index contributed by atoms with van der Waals surface area (Å²) in [5.41, 5.74) is 0. The average molecular weight is 152 g/mol. The number of rotatable bonds is 2. The summed E-state index contributed by atoms with van der Waals surface area (Å²) in [4.78, 5) is 0. The Morgan fingerprint density at radius 2 is 2.09 bits per heavy atom. The van der Waals surface area contributed by atoms with E-state index in [1.807, 2.05) is 0 Å². The van der Waals surface area contributed by atoms with Crippen molar-refractivity contribution in [2.24, 2.45) is 17.8 Å². The quantitative estimate of drug-likeness (QED) is 0.551. The smallest absolute Gasteiger partial charge is 0.0668 e. The Balaban J connectivity index is 2.06. The lowest BCUT2D eigenvalue weighted by atomic mass is 9.93. The first-order valence-electron chi connectivity index (χ1n) is 4.63. The SMILES string of the molecule is CCOC1C2C=CC(C2)C1C. The minimum Gasteiger partial charge on any atom is -0.378 e. The van der Waals surface area contributed by atoms with Gasteiger partial charge in [-0.25, -0.2) is 0 Å². The fraction of sp³-hybridized carbons (Fsp3) is 0.800. The number of ether oxygens (including phenoxy) is 1. The molecule has 1 saturated carbocycles. The monoisotopic (exact) mass is 152 g/mol. The van der Waals surface area contributed by atoms with Crippen molar-refractivity contribution < 1.29 is 4.74 Å². The second-order valence-corrected chi connectivity index (χ2v) is 3.73. The van der Waals surface area contributed by atoms with Gasteiger partial charge in [0.15, 0.2) is 0 Å². The van der Waals surface area contributed by atoms with E-state index >= 15 is 0 Å². The summed E-state index contributed by atoms with van der Waals surface area (Å²) in [6.45, 7) is 5.27. The molecule has 4 atom stereocenters. The third-order valence-electron chi connectivity index (χ3n) is 3.12. The highest BCUT2D eigenvalue weighted by molar-refractivity contribution is 5.13. The summed E-state index contributed by atoms with van der Waals surface area (Å²) in [7, 11) is 0. The van der Waals surface area contributed by atoms with Crippen LogP contribution in [0.4, 0.5) is 0 Å². The summed E-state index contributed by atoms with van der Waals surface area (Å²) in [6, 6.07) is 0. The molecule has 62 valence electrons. The maximum atomic E-state index is 5.70. The molecule has 0 saturated heterocycles. The van der Waals surface area contributed by atoms with Gasteiger partial charge in [0.2, 0.25) is 0 Å². The number of fused-ring (bicyclic) bond motifs is 2. The van der Waals surface area contributed by atoms with Crippen LogP contribution in [0.15, 0.2) is 12.2 Å². The molecule has 4 unspecified atom stereocenters. The van der Waals surface area contributed by atoms with Crippen LogP contribution >= 0.6 is 0 Å². The van der Waals surface area contributed by atoms with Crippen LogP contribution in [0.25, 0.3) is 0 Å². The first kappa shape index (κ1) is 7.35. The molecule has 2 bridgehead atoms. The Morgan fingerprint density at radius 1 is 1.36 bits per heavy atom. The molecule has 0 N–H and O–H groups in total. The molecule has 0 amide bonds. The highest BCUT2D eigenvalue weighted by Gasteiger charge is 2.42. The second-order valence-electron chi connectivity index (χ2n) is 3.73. The highest BCUT2D eigenvalue weighted by Crippen LogP contribution is 2.44. The van der Waals surface area contributed by atoms with Gasteiger partial charge >= 0.3 is 0 Å². The molecule has 0 heterocycles. The first-order chi connectivity index (χ1) is 5.33. The summed E-state index contributed by atoms with van der Waals surface area (Å²) < 4.78 is 5.70. The van der Waals surface area contributed by atoms with Crippen molar-refractivity contribution in [2.75, 3.05) is 6.61 Å². The Kier molecular flexibility index (Phi) is 1.76. The van der Waals surface area contributed by atoms with E-state index in [4.69, 9.17) is 4.74 Å². The molecule has 2 rings (SSSR count). The van der Waals surface area contributed by atoms with Gasteiger partial charge in [0.25, 0.3) is 0 Å². The predicted molar refractivity (Wildman–Crippen MR) is 45.3 cm³/mol. The van der Waals surface area contributed by atoms with Gasteiger partial charge < -0.3 is 4.74 Å². The molecule has 0 aromatic heterocycles. The molecule has 1 nitrogen and oxygen atoms in total. The van der Waals surface area contributed by atoms with E-state index in [1.165, 1.54) is 6.42 Å². The lowest BCUT2D eigenvalue weighted by molar-refractivity contribution is 0.0167. The van der Waals surface area contributed by atoms with Gasteiger partial charge in [-0.3, -0.25) is 0 Å². The van der Waals surface area contributed by atoms with E-state index in [0.29, 0.717) is 6.10 Å². The maximum Gasteiger partial charge on any atom is 0.0668 e. The zero-order valence-corrected chi connectivity index (χ0v) is 7.29. The van der Waals surface area contributed by atoms with Crippen LogP contribution in [0.5, 0.6) is 0 Å². The molecule has 2 aliphatic rings. The standard InChI is InChI=1S/C10H16O/c1-3-11-10-7(2)8-4-5-9(10)6-8/h4-5,7-10H,3,6H2,1-2H3. The average Bonchev–Trinajstić information content (AvgIpc) is 2.54. The molecule has 1 heteroatoms. The maximum absolute atomic E-state index is 5.70. The largest absolute Gasteiger partial charge is 0.378 e. The van der Waals surface area contributed by atoms with Crippen LogP contribution in [0.2, 0.25) is 0 Å². The van der Waals surface area contributed by atoms with Crippen LogP contribution in [0.1, 0.15) is 20.3 Å². The van der Waals surface area contributed by atoms with Crippen molar-refractivity contribution in [1.29, 1.82) is 0 Å². The molecule has 0 aliphatic heterocycles. The number of hydrogen-bond acceptors (Lipinski definition) is 1. The lowest BCUT2D eigenvalue weighted by Gasteiger charge is -2.24. The van der Waals surface area contributed by atoms with E-state index in [0.717, 1.165) is 24.4 Å². The fourth-order valence-corrected chi connectivity index (χ4v) is 2.49. The van der Waals surface area contributed by atoms with E-state index in [9.17, 15) is 0 Å². The summed E-state index contributed by atoms with van der Waals surface area (Å²) in [6.07, 6.45) is 6.57. The summed E-state index contributed by atoms with van der Waals surface area (Å²) in [5, 5.41) is 0. The number of allylic oxidation sites excluding steroid dienone is 1. The molecular weight excluding hydrogens is 136 g/mol. The van der Waals surface area contributed by atoms with Crippen molar-refractivity contribution >= 4 is 0 Å². The predicted octanol–water partition coefficient (Wildman–Crippen LogP) is 2.23. The first-order valence-corrected chi connectivity index (χ1v) is 4.63. The third-order valence-corrected chi connectivity index (χ3v) is 3.12. The molecule has 0 radical (unpaired) electrons. The van der Waals surface area contributed by atoms with Crippen LogP contribution in [-0.2, 0) is 4.74 Å². The Hall–Kier alpha value is -0.300. The van der Waals surface area contributed by atoms with Crippen molar-refractivity contribution in [3.63, 3.8) is 0 Å². The van der Waals surface area contributed by atoms with Gasteiger partial charge in [0.1, 0.15) is 0 Å². The summed E-state index contributed by atoms with van der Waals surface area (Å²) in [5.74, 6) is 2.30. The molecule has 11 heavy (non-hydrogen) atoms. The van der Waals surface area contributed by atoms with Crippen LogP contribution < -0.4 is 0 Å². The van der Waals surface area contributed by atoms with Gasteiger partial charge in [-0.1, -0.05) is 19.1 Å². The highest BCUT2D eigenvalue weighted by atomic mass is 16.5. The van der Waals surface area contributed by atoms with Crippen molar-refractivity contribution in [3.8, 4) is 0 Å². The normalized spacial score (nSPS) is 47.1. The Labute approximate surface area is 68.4 Å². The van der Waals surface area contributed by atoms with Gasteiger partial charge in [-0.15, -0.1) is 0 Å². The second kappa shape index (κ2) is 2.63. The Bertz CT molecular complexity index is 174. The topological polar surface area (TPSA) is 9.23 Å². The van der Waals surface area contributed by atoms with Gasteiger partial charge in [0.05, 0.1) is 6.10 Å². The zero-order chi connectivity index (χ0) is 7.84.